The Morgan fingerprint density at radius 2 is 1.45 bits per heavy atom. The van der Waals surface area contributed by atoms with Crippen LogP contribution in [0, 0.1) is 0 Å². The monoisotopic (exact) mass is 272 g/mol. The smallest absolute Gasteiger partial charge is 0.339 e. The molecule has 2 rings (SSSR count). The van der Waals surface area contributed by atoms with Gasteiger partial charge in [-0.05, 0) is 43.7 Å². The molecule has 0 aliphatic heterocycles. The average Bonchev–Trinajstić information content (AvgIpc) is 2.35. The lowest BCUT2D eigenvalue weighted by Crippen LogP contribution is -2.24. The maximum absolute atomic E-state index is 12.2. The number of carboxylic acid groups (broad SMARTS) is 1. The summed E-state index contributed by atoms with van der Waals surface area (Å²) in [6.45, 7) is 5.37. The Labute approximate surface area is 117 Å². The van der Waals surface area contributed by atoms with E-state index in [0.717, 1.165) is 0 Å². The summed E-state index contributed by atoms with van der Waals surface area (Å²) in [5, 5.41) is 10.3. The van der Waals surface area contributed by atoms with Crippen LogP contribution in [0.5, 0.6) is 0 Å². The minimum Gasteiger partial charge on any atom is -0.478 e. The van der Waals surface area contributed by atoms with E-state index in [1.54, 1.807) is 51.1 Å². The molecule has 0 aliphatic rings. The number of hydrogen-bond donors (Lipinski definition) is 1. The zero-order chi connectivity index (χ0) is 14.9. The number of esters is 1. The summed E-state index contributed by atoms with van der Waals surface area (Å²) in [5.74, 6) is -1.47. The Bertz CT molecular complexity index is 680. The number of rotatable bonds is 2. The Morgan fingerprint density at radius 1 is 0.950 bits per heavy atom. The molecule has 0 atom stereocenters. The fraction of sp³-hybridized carbons (Fsp3) is 0.250. The number of hydrogen-bond acceptors (Lipinski definition) is 3. The molecule has 4 nitrogen and oxygen atoms in total. The van der Waals surface area contributed by atoms with Gasteiger partial charge in [0.2, 0.25) is 0 Å². The summed E-state index contributed by atoms with van der Waals surface area (Å²) in [5.41, 5.74) is -0.0441. The molecule has 0 saturated carbocycles. The quantitative estimate of drug-likeness (QED) is 0.850. The largest absolute Gasteiger partial charge is 0.478 e. The number of carbonyl (C=O) groups excluding carboxylic acids is 1. The molecule has 0 saturated heterocycles. The van der Waals surface area contributed by atoms with E-state index in [9.17, 15) is 14.7 Å². The van der Waals surface area contributed by atoms with Crippen molar-refractivity contribution < 1.29 is 19.4 Å². The Morgan fingerprint density at radius 3 is 1.95 bits per heavy atom. The van der Waals surface area contributed by atoms with E-state index in [4.69, 9.17) is 4.74 Å². The third-order valence-electron chi connectivity index (χ3n) is 2.77. The third kappa shape index (κ3) is 2.79. The van der Waals surface area contributed by atoms with Crippen molar-refractivity contribution in [3.63, 3.8) is 0 Å². The van der Waals surface area contributed by atoms with Gasteiger partial charge >= 0.3 is 11.9 Å². The van der Waals surface area contributed by atoms with Gasteiger partial charge < -0.3 is 9.84 Å². The number of ether oxygens (including phenoxy) is 1. The van der Waals surface area contributed by atoms with E-state index in [0.29, 0.717) is 16.3 Å². The number of carbonyl (C=O) groups is 2. The molecule has 0 unspecified atom stereocenters. The maximum Gasteiger partial charge on any atom is 0.339 e. The number of carboxylic acids is 1. The summed E-state index contributed by atoms with van der Waals surface area (Å²) in [7, 11) is 0. The molecule has 0 aromatic heterocycles. The number of benzene rings is 2. The van der Waals surface area contributed by atoms with Crippen LogP contribution in [-0.2, 0) is 4.74 Å². The van der Waals surface area contributed by atoms with Gasteiger partial charge in [-0.1, -0.05) is 24.3 Å². The second-order valence-corrected chi connectivity index (χ2v) is 5.51. The summed E-state index contributed by atoms with van der Waals surface area (Å²) in [6, 6.07) is 9.85. The van der Waals surface area contributed by atoms with Gasteiger partial charge in [-0.15, -0.1) is 0 Å². The van der Waals surface area contributed by atoms with Crippen molar-refractivity contribution in [2.45, 2.75) is 26.4 Å². The van der Waals surface area contributed by atoms with Crippen molar-refractivity contribution in [3.05, 3.63) is 47.5 Å². The van der Waals surface area contributed by atoms with Crippen LogP contribution in [0.4, 0.5) is 0 Å². The number of aromatic carboxylic acids is 1. The van der Waals surface area contributed by atoms with Crippen LogP contribution in [0.2, 0.25) is 0 Å². The first-order valence-corrected chi connectivity index (χ1v) is 6.28. The number of fused-ring (bicyclic) bond motifs is 1. The second kappa shape index (κ2) is 4.96. The molecule has 2 aromatic carbocycles. The molecular formula is C16H16O4. The van der Waals surface area contributed by atoms with Crippen LogP contribution in [-0.4, -0.2) is 22.6 Å². The van der Waals surface area contributed by atoms with Crippen molar-refractivity contribution in [1.29, 1.82) is 0 Å². The third-order valence-corrected chi connectivity index (χ3v) is 2.77. The van der Waals surface area contributed by atoms with Gasteiger partial charge in [0.25, 0.3) is 0 Å². The summed E-state index contributed by atoms with van der Waals surface area (Å²) >= 11 is 0. The van der Waals surface area contributed by atoms with Gasteiger partial charge in [0.1, 0.15) is 5.60 Å². The van der Waals surface area contributed by atoms with Crippen molar-refractivity contribution in [1.82, 2.24) is 0 Å². The zero-order valence-corrected chi connectivity index (χ0v) is 11.6. The van der Waals surface area contributed by atoms with E-state index in [-0.39, 0.29) is 5.56 Å². The summed E-state index contributed by atoms with van der Waals surface area (Å²) in [6.07, 6.45) is 0. The molecular weight excluding hydrogens is 256 g/mol. The van der Waals surface area contributed by atoms with E-state index in [1.165, 1.54) is 6.07 Å². The molecule has 4 heteroatoms. The highest BCUT2D eigenvalue weighted by atomic mass is 16.6. The Kier molecular flexibility index (Phi) is 3.49. The zero-order valence-electron chi connectivity index (χ0n) is 11.6. The minimum absolute atomic E-state index is 0.174. The molecule has 0 aliphatic carbocycles. The van der Waals surface area contributed by atoms with Gasteiger partial charge in [-0.2, -0.15) is 0 Å². The lowest BCUT2D eigenvalue weighted by Gasteiger charge is -2.20. The Balaban J connectivity index is 2.59. The molecule has 0 heterocycles. The van der Waals surface area contributed by atoms with Crippen molar-refractivity contribution >= 4 is 22.7 Å². The van der Waals surface area contributed by atoms with E-state index >= 15 is 0 Å². The van der Waals surface area contributed by atoms with Gasteiger partial charge in [-0.3, -0.25) is 0 Å². The summed E-state index contributed by atoms with van der Waals surface area (Å²) < 4.78 is 5.35. The molecule has 1 N–H and O–H groups in total. The first-order chi connectivity index (χ1) is 9.29. The van der Waals surface area contributed by atoms with Gasteiger partial charge in [0.15, 0.2) is 0 Å². The standard InChI is InChI=1S/C16H16O4/c1-16(2,3)20-15(19)13-9-5-6-10-11(13)7-4-8-12(10)14(17)18/h4-9H,1-3H3,(H,17,18). The minimum atomic E-state index is -1.02. The van der Waals surface area contributed by atoms with Gasteiger partial charge in [0.05, 0.1) is 11.1 Å². The molecule has 0 fully saturated rings. The molecule has 2 aromatic rings. The van der Waals surface area contributed by atoms with E-state index in [1.807, 2.05) is 0 Å². The molecule has 20 heavy (non-hydrogen) atoms. The van der Waals surface area contributed by atoms with Crippen LogP contribution in [0.15, 0.2) is 36.4 Å². The fourth-order valence-corrected chi connectivity index (χ4v) is 2.01. The highest BCUT2D eigenvalue weighted by Crippen LogP contribution is 2.24. The predicted octanol–water partition coefficient (Wildman–Crippen LogP) is 3.49. The maximum atomic E-state index is 12.2. The van der Waals surface area contributed by atoms with Crippen LogP contribution in [0.3, 0.4) is 0 Å². The van der Waals surface area contributed by atoms with E-state index < -0.39 is 17.5 Å². The predicted molar refractivity (Wildman–Crippen MR) is 76.1 cm³/mol. The van der Waals surface area contributed by atoms with Crippen molar-refractivity contribution in [2.75, 3.05) is 0 Å². The van der Waals surface area contributed by atoms with E-state index in [2.05, 4.69) is 0 Å². The van der Waals surface area contributed by atoms with Gasteiger partial charge in [0, 0.05) is 0 Å². The topological polar surface area (TPSA) is 63.6 Å². The molecule has 0 radical (unpaired) electrons. The highest BCUT2D eigenvalue weighted by Gasteiger charge is 2.20. The van der Waals surface area contributed by atoms with Crippen molar-refractivity contribution in [3.8, 4) is 0 Å². The van der Waals surface area contributed by atoms with Crippen molar-refractivity contribution in [2.24, 2.45) is 0 Å². The van der Waals surface area contributed by atoms with Crippen LogP contribution >= 0.6 is 0 Å². The molecule has 0 bridgehead atoms. The van der Waals surface area contributed by atoms with Crippen LogP contribution < -0.4 is 0 Å². The highest BCUT2D eigenvalue weighted by molar-refractivity contribution is 6.10. The normalized spacial score (nSPS) is 11.3. The lowest BCUT2D eigenvalue weighted by molar-refractivity contribution is 0.00716. The van der Waals surface area contributed by atoms with Gasteiger partial charge in [-0.25, -0.2) is 9.59 Å². The lowest BCUT2D eigenvalue weighted by atomic mass is 10.00. The second-order valence-electron chi connectivity index (χ2n) is 5.51. The molecule has 104 valence electrons. The first kappa shape index (κ1) is 14.1. The molecule has 0 amide bonds. The van der Waals surface area contributed by atoms with Crippen LogP contribution in [0.1, 0.15) is 41.5 Å². The average molecular weight is 272 g/mol. The SMILES string of the molecule is CC(C)(C)OC(=O)c1cccc2c(C(=O)O)cccc12. The first-order valence-electron chi connectivity index (χ1n) is 6.28. The Hall–Kier alpha value is -2.36. The molecule has 0 spiro atoms. The fourth-order valence-electron chi connectivity index (χ4n) is 2.01. The summed E-state index contributed by atoms with van der Waals surface area (Å²) in [4.78, 5) is 23.4. The van der Waals surface area contributed by atoms with Crippen LogP contribution in [0.25, 0.3) is 10.8 Å².